The topological polar surface area (TPSA) is 76.0 Å². The molecule has 27 heavy (non-hydrogen) atoms. The van der Waals surface area contributed by atoms with Crippen LogP contribution in [-0.2, 0) is 14.3 Å². The SMILES string of the molecule is CCCCC[C@H](O)CC[C@@H]1[C@H]2CC(C(Br)CCCC(=O)OC)O[C@H]2C[C@H]1O. The number of halogens is 1. The van der Waals surface area contributed by atoms with Gasteiger partial charge >= 0.3 is 5.97 Å². The van der Waals surface area contributed by atoms with Crippen molar-refractivity contribution >= 4 is 21.9 Å². The van der Waals surface area contributed by atoms with Gasteiger partial charge in [-0.25, -0.2) is 0 Å². The normalized spacial score (nSPS) is 32.3. The summed E-state index contributed by atoms with van der Waals surface area (Å²) in [4.78, 5) is 11.5. The lowest BCUT2D eigenvalue weighted by Gasteiger charge is -2.23. The zero-order chi connectivity index (χ0) is 19.8. The van der Waals surface area contributed by atoms with Crippen molar-refractivity contribution in [3.8, 4) is 0 Å². The van der Waals surface area contributed by atoms with E-state index in [1.807, 2.05) is 0 Å². The number of alkyl halides is 1. The molecule has 1 aliphatic heterocycles. The Hall–Kier alpha value is -0.170. The van der Waals surface area contributed by atoms with Crippen molar-refractivity contribution < 1.29 is 24.5 Å². The molecule has 2 fully saturated rings. The molecule has 2 unspecified atom stereocenters. The molecular weight excluding hydrogens is 412 g/mol. The molecule has 1 saturated carbocycles. The molecule has 158 valence electrons. The molecule has 0 bridgehead atoms. The maximum Gasteiger partial charge on any atom is 0.305 e. The predicted octanol–water partition coefficient (Wildman–Crippen LogP) is 3.97. The average Bonchev–Trinajstić information content (AvgIpc) is 3.17. The lowest BCUT2D eigenvalue weighted by Crippen LogP contribution is -2.25. The summed E-state index contributed by atoms with van der Waals surface area (Å²) in [6.07, 6.45) is 9.42. The van der Waals surface area contributed by atoms with Crippen LogP contribution >= 0.6 is 15.9 Å². The summed E-state index contributed by atoms with van der Waals surface area (Å²) >= 11 is 3.74. The highest BCUT2D eigenvalue weighted by atomic mass is 79.9. The van der Waals surface area contributed by atoms with Gasteiger partial charge in [-0.1, -0.05) is 42.1 Å². The van der Waals surface area contributed by atoms with Crippen molar-refractivity contribution in [1.82, 2.24) is 0 Å². The van der Waals surface area contributed by atoms with E-state index in [1.165, 1.54) is 20.0 Å². The highest BCUT2D eigenvalue weighted by molar-refractivity contribution is 9.09. The lowest BCUT2D eigenvalue weighted by atomic mass is 9.85. The van der Waals surface area contributed by atoms with Crippen molar-refractivity contribution in [2.45, 2.75) is 107 Å². The van der Waals surface area contributed by atoms with Crippen molar-refractivity contribution in [1.29, 1.82) is 0 Å². The third kappa shape index (κ3) is 6.98. The highest BCUT2D eigenvalue weighted by Crippen LogP contribution is 2.47. The van der Waals surface area contributed by atoms with Gasteiger partial charge in [0.2, 0.25) is 0 Å². The van der Waals surface area contributed by atoms with Crippen LogP contribution in [0.2, 0.25) is 0 Å². The van der Waals surface area contributed by atoms with Gasteiger partial charge in [-0.15, -0.1) is 0 Å². The molecule has 1 aliphatic carbocycles. The van der Waals surface area contributed by atoms with Crippen LogP contribution in [-0.4, -0.2) is 52.5 Å². The van der Waals surface area contributed by atoms with E-state index < -0.39 is 0 Å². The van der Waals surface area contributed by atoms with E-state index in [4.69, 9.17) is 4.74 Å². The molecule has 5 nitrogen and oxygen atoms in total. The van der Waals surface area contributed by atoms with Crippen molar-refractivity contribution in [2.24, 2.45) is 11.8 Å². The minimum Gasteiger partial charge on any atom is -0.469 e. The quantitative estimate of drug-likeness (QED) is 0.268. The molecule has 0 aromatic carbocycles. The fourth-order valence-corrected chi connectivity index (χ4v) is 5.37. The zero-order valence-corrected chi connectivity index (χ0v) is 18.4. The summed E-state index contributed by atoms with van der Waals surface area (Å²) in [6.45, 7) is 2.17. The van der Waals surface area contributed by atoms with Gasteiger partial charge in [-0.05, 0) is 50.4 Å². The Labute approximate surface area is 172 Å². The van der Waals surface area contributed by atoms with Crippen molar-refractivity contribution in [3.05, 3.63) is 0 Å². The summed E-state index contributed by atoms with van der Waals surface area (Å²) < 4.78 is 10.9. The smallest absolute Gasteiger partial charge is 0.305 e. The van der Waals surface area contributed by atoms with E-state index in [9.17, 15) is 15.0 Å². The summed E-state index contributed by atoms with van der Waals surface area (Å²) in [7, 11) is 1.42. The highest BCUT2D eigenvalue weighted by Gasteiger charge is 2.49. The number of hydrogen-bond acceptors (Lipinski definition) is 5. The second kappa shape index (κ2) is 11.7. The van der Waals surface area contributed by atoms with Gasteiger partial charge in [0.15, 0.2) is 0 Å². The number of hydrogen-bond donors (Lipinski definition) is 2. The van der Waals surface area contributed by atoms with E-state index in [-0.39, 0.29) is 41.1 Å². The monoisotopic (exact) mass is 448 g/mol. The first-order chi connectivity index (χ1) is 13.0. The number of esters is 1. The number of carbonyl (C=O) groups excluding carboxylic acids is 1. The van der Waals surface area contributed by atoms with Crippen LogP contribution < -0.4 is 0 Å². The minimum atomic E-state index is -0.308. The maximum absolute atomic E-state index is 11.2. The number of aliphatic hydroxyl groups excluding tert-OH is 2. The fraction of sp³-hybridized carbons (Fsp3) is 0.952. The number of methoxy groups -OCH3 is 1. The van der Waals surface area contributed by atoms with E-state index in [0.717, 1.165) is 44.9 Å². The first-order valence-corrected chi connectivity index (χ1v) is 11.6. The standard InChI is InChI=1S/C21H37BrO5/c1-3-4-5-7-14(23)10-11-15-16-12-20(27-19(16)13-18(15)24)17(22)8-6-9-21(25)26-2/h14-20,23-24H,3-13H2,1-2H3/t14-,15+,16+,17?,18+,19-,20?/m0/s1. The molecule has 6 heteroatoms. The Morgan fingerprint density at radius 3 is 2.70 bits per heavy atom. The number of aliphatic hydroxyl groups is 2. The third-order valence-corrected chi connectivity index (χ3v) is 7.36. The van der Waals surface area contributed by atoms with Gasteiger partial charge in [0.25, 0.3) is 0 Å². The molecule has 2 aliphatic rings. The molecule has 7 atom stereocenters. The van der Waals surface area contributed by atoms with Gasteiger partial charge in [0.1, 0.15) is 0 Å². The molecule has 1 saturated heterocycles. The maximum atomic E-state index is 11.2. The molecular formula is C21H37BrO5. The number of unbranched alkanes of at least 4 members (excludes halogenated alkanes) is 2. The van der Waals surface area contributed by atoms with E-state index in [2.05, 4.69) is 27.6 Å². The first-order valence-electron chi connectivity index (χ1n) is 10.7. The summed E-state index contributed by atoms with van der Waals surface area (Å²) in [5.41, 5.74) is 0. The van der Waals surface area contributed by atoms with Crippen LogP contribution in [0.1, 0.15) is 77.6 Å². The molecule has 0 radical (unpaired) electrons. The van der Waals surface area contributed by atoms with Crippen LogP contribution in [0.4, 0.5) is 0 Å². The van der Waals surface area contributed by atoms with E-state index in [1.54, 1.807) is 0 Å². The molecule has 2 rings (SSSR count). The summed E-state index contributed by atoms with van der Waals surface area (Å²) in [5, 5.41) is 20.7. The first kappa shape index (κ1) is 23.1. The van der Waals surface area contributed by atoms with E-state index in [0.29, 0.717) is 18.8 Å². The Kier molecular flexibility index (Phi) is 10.0. The fourth-order valence-electron chi connectivity index (χ4n) is 4.71. The zero-order valence-electron chi connectivity index (χ0n) is 16.8. The molecule has 0 amide bonds. The van der Waals surface area contributed by atoms with Crippen molar-refractivity contribution in [2.75, 3.05) is 7.11 Å². The molecule has 1 heterocycles. The average molecular weight is 449 g/mol. The summed E-state index contributed by atoms with van der Waals surface area (Å²) in [6, 6.07) is 0. The Morgan fingerprint density at radius 2 is 2.00 bits per heavy atom. The Balaban J connectivity index is 1.74. The van der Waals surface area contributed by atoms with Crippen LogP contribution in [0.3, 0.4) is 0 Å². The van der Waals surface area contributed by atoms with Gasteiger partial charge in [-0.3, -0.25) is 4.79 Å². The van der Waals surface area contributed by atoms with Crippen molar-refractivity contribution in [3.63, 3.8) is 0 Å². The van der Waals surface area contributed by atoms with Gasteiger partial charge in [0, 0.05) is 17.7 Å². The number of fused-ring (bicyclic) bond motifs is 1. The Morgan fingerprint density at radius 1 is 1.22 bits per heavy atom. The predicted molar refractivity (Wildman–Crippen MR) is 109 cm³/mol. The molecule has 0 aromatic rings. The second-order valence-electron chi connectivity index (χ2n) is 8.29. The minimum absolute atomic E-state index is 0.132. The van der Waals surface area contributed by atoms with Gasteiger partial charge in [0.05, 0.1) is 31.5 Å². The number of rotatable bonds is 12. The van der Waals surface area contributed by atoms with Gasteiger partial charge < -0.3 is 19.7 Å². The van der Waals surface area contributed by atoms with E-state index >= 15 is 0 Å². The lowest BCUT2D eigenvalue weighted by molar-refractivity contribution is -0.140. The van der Waals surface area contributed by atoms with Gasteiger partial charge in [-0.2, -0.15) is 0 Å². The Bertz CT molecular complexity index is 446. The van der Waals surface area contributed by atoms with Crippen LogP contribution in [0.15, 0.2) is 0 Å². The second-order valence-corrected chi connectivity index (χ2v) is 9.47. The molecule has 0 aromatic heterocycles. The number of carbonyl (C=O) groups is 1. The largest absolute Gasteiger partial charge is 0.469 e. The van der Waals surface area contributed by atoms with Crippen LogP contribution in [0, 0.1) is 11.8 Å². The van der Waals surface area contributed by atoms with Crippen LogP contribution in [0.25, 0.3) is 0 Å². The van der Waals surface area contributed by atoms with Crippen LogP contribution in [0.5, 0.6) is 0 Å². The summed E-state index contributed by atoms with van der Waals surface area (Å²) in [5.74, 6) is 0.448. The molecule has 2 N–H and O–H groups in total. The third-order valence-electron chi connectivity index (χ3n) is 6.32. The molecule has 0 spiro atoms. The number of ether oxygens (including phenoxy) is 2.